The number of carbonyl (C=O) groups is 1. The molecule has 0 aromatic heterocycles. The van der Waals surface area contributed by atoms with Crippen LogP contribution in [0.3, 0.4) is 0 Å². The van der Waals surface area contributed by atoms with Gasteiger partial charge in [-0.15, -0.1) is 0 Å². The largest absolute Gasteiger partial charge is 0.299 e. The van der Waals surface area contributed by atoms with Gasteiger partial charge in [0.1, 0.15) is 5.78 Å². The first-order valence-electron chi connectivity index (χ1n) is 5.85. The molecular weight excluding hydrogens is 184 g/mol. The fraction of sp³-hybridized carbons (Fsp3) is 0.786. The monoisotopic (exact) mass is 210 g/mol. The number of Topliss-reactive ketones (excluding diaryl/α,β-unsaturated/α-hetero) is 1. The summed E-state index contributed by atoms with van der Waals surface area (Å²) in [4.78, 5) is 11.4. The number of fused-ring (bicyclic) bond motifs is 1. The van der Waals surface area contributed by atoms with Gasteiger partial charge < -0.3 is 0 Å². The molecule has 0 aromatic rings. The van der Waals surface area contributed by atoms with Crippen molar-refractivity contribution in [3.05, 3.63) is 12.2 Å². The Kier molecular flexibility index (Phi) is 5.27. The summed E-state index contributed by atoms with van der Waals surface area (Å²) in [7, 11) is 0. The first-order valence-corrected chi connectivity index (χ1v) is 5.85. The Labute approximate surface area is 95.0 Å². The quantitative estimate of drug-likeness (QED) is 0.550. The predicted octanol–water partition coefficient (Wildman–Crippen LogP) is 4.09. The van der Waals surface area contributed by atoms with Crippen molar-refractivity contribution in [3.63, 3.8) is 0 Å². The van der Waals surface area contributed by atoms with Gasteiger partial charge in [0, 0.05) is 11.8 Å². The maximum atomic E-state index is 11.4. The smallest absolute Gasteiger partial charge is 0.140 e. The molecule has 0 N–H and O–H groups in total. The third-order valence-corrected chi connectivity index (χ3v) is 3.76. The number of hydrogen-bond acceptors (Lipinski definition) is 1. The zero-order valence-electron chi connectivity index (χ0n) is 9.84. The lowest BCUT2D eigenvalue weighted by Gasteiger charge is -2.48. The van der Waals surface area contributed by atoms with Crippen molar-refractivity contribution in [2.45, 2.75) is 48.0 Å². The number of rotatable bonds is 0. The molecule has 0 saturated heterocycles. The van der Waals surface area contributed by atoms with Gasteiger partial charge in [-0.05, 0) is 24.7 Å². The number of ketones is 1. The summed E-state index contributed by atoms with van der Waals surface area (Å²) < 4.78 is 0. The third-order valence-electron chi connectivity index (χ3n) is 3.76. The van der Waals surface area contributed by atoms with Crippen LogP contribution >= 0.6 is 0 Å². The van der Waals surface area contributed by atoms with Crippen LogP contribution in [0.5, 0.6) is 0 Å². The second kappa shape index (κ2) is 5.48. The van der Waals surface area contributed by atoms with E-state index in [2.05, 4.69) is 13.5 Å². The van der Waals surface area contributed by atoms with Gasteiger partial charge in [-0.1, -0.05) is 47.3 Å². The van der Waals surface area contributed by atoms with Crippen molar-refractivity contribution < 1.29 is 4.79 Å². The Balaban J connectivity index is 0.000000617. The second-order valence-corrected chi connectivity index (χ2v) is 4.38. The minimum absolute atomic E-state index is 0. The molecule has 0 aromatic carbocycles. The summed E-state index contributed by atoms with van der Waals surface area (Å²) in [5, 5.41) is 0. The first-order chi connectivity index (χ1) is 6.63. The topological polar surface area (TPSA) is 17.1 Å². The maximum Gasteiger partial charge on any atom is 0.140 e. The van der Waals surface area contributed by atoms with Crippen LogP contribution in [0.1, 0.15) is 48.0 Å². The molecule has 1 heteroatoms. The van der Waals surface area contributed by atoms with Gasteiger partial charge in [0.25, 0.3) is 0 Å². The minimum Gasteiger partial charge on any atom is -0.299 e. The molecule has 2 aliphatic rings. The summed E-state index contributed by atoms with van der Waals surface area (Å²) in [5.74, 6) is 2.27. The Morgan fingerprint density at radius 3 is 2.27 bits per heavy atom. The van der Waals surface area contributed by atoms with E-state index in [1.807, 2.05) is 20.8 Å². The van der Waals surface area contributed by atoms with Crippen molar-refractivity contribution in [3.8, 4) is 0 Å². The van der Waals surface area contributed by atoms with Crippen molar-refractivity contribution in [2.24, 2.45) is 23.7 Å². The maximum absolute atomic E-state index is 11.4. The van der Waals surface area contributed by atoms with Crippen LogP contribution < -0.4 is 0 Å². The van der Waals surface area contributed by atoms with Crippen LogP contribution in [0.4, 0.5) is 0 Å². The van der Waals surface area contributed by atoms with Crippen LogP contribution in [-0.4, -0.2) is 5.78 Å². The molecule has 4 atom stereocenters. The molecular formula is C14H26O. The Bertz CT molecular complexity index is 242. The average molecular weight is 210 g/mol. The molecule has 2 aliphatic carbocycles. The highest BCUT2D eigenvalue weighted by Gasteiger charge is 2.50. The first kappa shape index (κ1) is 14.4. The van der Waals surface area contributed by atoms with Crippen LogP contribution in [-0.2, 0) is 4.79 Å². The van der Waals surface area contributed by atoms with Gasteiger partial charge in [-0.25, -0.2) is 0 Å². The number of allylic oxidation sites excluding steroid dienone is 1. The highest BCUT2D eigenvalue weighted by molar-refractivity contribution is 5.91. The molecule has 0 amide bonds. The summed E-state index contributed by atoms with van der Waals surface area (Å²) in [6, 6.07) is 0. The van der Waals surface area contributed by atoms with E-state index in [1.165, 1.54) is 12.0 Å². The highest BCUT2D eigenvalue weighted by Crippen LogP contribution is 2.50. The molecule has 2 fully saturated rings. The van der Waals surface area contributed by atoms with Gasteiger partial charge >= 0.3 is 0 Å². The van der Waals surface area contributed by atoms with Crippen molar-refractivity contribution >= 4 is 5.78 Å². The van der Waals surface area contributed by atoms with Crippen LogP contribution in [0.2, 0.25) is 0 Å². The zero-order valence-corrected chi connectivity index (χ0v) is 9.84. The summed E-state index contributed by atoms with van der Waals surface area (Å²) in [6.45, 7) is 12.4. The average Bonchev–Trinajstić information content (AvgIpc) is 2.23. The Hall–Kier alpha value is -0.590. The zero-order chi connectivity index (χ0) is 10.9. The van der Waals surface area contributed by atoms with E-state index in [4.69, 9.17) is 0 Å². The number of carbonyl (C=O) groups excluding carboxylic acids is 1. The summed E-state index contributed by atoms with van der Waals surface area (Å²) >= 11 is 0. The lowest BCUT2D eigenvalue weighted by Crippen LogP contribution is -2.50. The molecule has 0 radical (unpaired) electrons. The lowest BCUT2D eigenvalue weighted by molar-refractivity contribution is -0.142. The van der Waals surface area contributed by atoms with E-state index in [9.17, 15) is 4.79 Å². The van der Waals surface area contributed by atoms with E-state index < -0.39 is 0 Å². The van der Waals surface area contributed by atoms with Gasteiger partial charge in [0.15, 0.2) is 0 Å². The van der Waals surface area contributed by atoms with E-state index in [-0.39, 0.29) is 13.3 Å². The Morgan fingerprint density at radius 2 is 1.73 bits per heavy atom. The Morgan fingerprint density at radius 1 is 1.20 bits per heavy atom. The molecule has 0 aliphatic heterocycles. The molecule has 15 heavy (non-hydrogen) atoms. The second-order valence-electron chi connectivity index (χ2n) is 4.38. The van der Waals surface area contributed by atoms with Crippen LogP contribution in [0, 0.1) is 23.7 Å². The van der Waals surface area contributed by atoms with Gasteiger partial charge in [-0.2, -0.15) is 0 Å². The lowest BCUT2D eigenvalue weighted by atomic mass is 9.55. The molecule has 2 saturated carbocycles. The van der Waals surface area contributed by atoms with Crippen molar-refractivity contribution in [2.75, 3.05) is 0 Å². The van der Waals surface area contributed by atoms with Gasteiger partial charge in [0.2, 0.25) is 0 Å². The standard InChI is InChI=1S/C11H16O.C2H6.CH4/c1-6-4-5-9-10(7(6)2)8(3)11(9)12;1-2;/h6,8-10H,2,4-5H2,1,3H3;1-2H3;1H4/t6-,8-,9+,10?;;/m1../s1. The van der Waals surface area contributed by atoms with E-state index >= 15 is 0 Å². The van der Waals surface area contributed by atoms with E-state index in [1.54, 1.807) is 0 Å². The SMILES string of the molecule is C.C=C1C2[C@H](CC[C@H]1C)C(=O)[C@@H]2C.CC. The molecule has 0 bridgehead atoms. The summed E-state index contributed by atoms with van der Waals surface area (Å²) in [5.41, 5.74) is 1.33. The molecule has 1 nitrogen and oxygen atoms in total. The molecule has 0 spiro atoms. The number of hydrogen-bond donors (Lipinski definition) is 0. The van der Waals surface area contributed by atoms with E-state index in [0.717, 1.165) is 6.42 Å². The molecule has 0 heterocycles. The van der Waals surface area contributed by atoms with Gasteiger partial charge in [-0.3, -0.25) is 4.79 Å². The van der Waals surface area contributed by atoms with Crippen LogP contribution in [0.15, 0.2) is 12.2 Å². The molecule has 2 rings (SSSR count). The van der Waals surface area contributed by atoms with Crippen molar-refractivity contribution in [1.82, 2.24) is 0 Å². The van der Waals surface area contributed by atoms with Crippen LogP contribution in [0.25, 0.3) is 0 Å². The van der Waals surface area contributed by atoms with Gasteiger partial charge in [0.05, 0.1) is 0 Å². The van der Waals surface area contributed by atoms with Crippen molar-refractivity contribution in [1.29, 1.82) is 0 Å². The predicted molar refractivity (Wildman–Crippen MR) is 66.8 cm³/mol. The molecule has 88 valence electrons. The van der Waals surface area contributed by atoms with E-state index in [0.29, 0.717) is 23.5 Å². The molecule has 1 unspecified atom stereocenters. The highest BCUT2D eigenvalue weighted by atomic mass is 16.1. The fourth-order valence-electron chi connectivity index (χ4n) is 2.77. The third kappa shape index (κ3) is 2.16. The summed E-state index contributed by atoms with van der Waals surface area (Å²) in [6.07, 6.45) is 2.27. The fourth-order valence-corrected chi connectivity index (χ4v) is 2.77. The minimum atomic E-state index is 0. The normalized spacial score (nSPS) is 37.9.